The third kappa shape index (κ3) is 3.33. The third-order valence-electron chi connectivity index (χ3n) is 3.26. The van der Waals surface area contributed by atoms with Gasteiger partial charge >= 0.3 is 0 Å². The van der Waals surface area contributed by atoms with Gasteiger partial charge in [-0.25, -0.2) is 0 Å². The van der Waals surface area contributed by atoms with E-state index >= 15 is 0 Å². The van der Waals surface area contributed by atoms with Crippen LogP contribution in [0.5, 0.6) is 0 Å². The van der Waals surface area contributed by atoms with Crippen molar-refractivity contribution in [3.8, 4) is 0 Å². The van der Waals surface area contributed by atoms with Crippen LogP contribution in [0.25, 0.3) is 0 Å². The molecule has 0 saturated carbocycles. The Morgan fingerprint density at radius 1 is 1.16 bits per heavy atom. The number of hydrogen-bond donors (Lipinski definition) is 0. The van der Waals surface area contributed by atoms with E-state index in [1.54, 1.807) is 0 Å². The summed E-state index contributed by atoms with van der Waals surface area (Å²) in [5, 5.41) is 0. The summed E-state index contributed by atoms with van der Waals surface area (Å²) in [6.45, 7) is 13.0. The molecule has 2 bridgehead atoms. The monoisotopic (exact) mass is 268 g/mol. The van der Waals surface area contributed by atoms with Crippen molar-refractivity contribution in [2.75, 3.05) is 13.2 Å². The minimum absolute atomic E-state index is 0.176. The van der Waals surface area contributed by atoms with E-state index in [2.05, 4.69) is 0 Å². The Hall–Kier alpha value is -0.0951. The van der Waals surface area contributed by atoms with E-state index < -0.39 is 11.6 Å². The molecule has 0 amide bonds. The maximum Gasteiger partial charge on any atom is 0.143 e. The molecule has 2 fully saturated rings. The average molecular weight is 268 g/mol. The first-order valence-electron chi connectivity index (χ1n) is 6.89. The first-order valence-corrected chi connectivity index (χ1v) is 6.89. The van der Waals surface area contributed by atoms with Crippen LogP contribution >= 0.6 is 0 Å². The Kier molecular flexibility index (Phi) is 3.80. The van der Waals surface area contributed by atoms with Crippen LogP contribution in [0.15, 0.2) is 0 Å². The van der Waals surface area contributed by atoms with Crippen molar-refractivity contribution in [1.29, 1.82) is 0 Å². The molecule has 4 nitrogen and oxygen atoms in total. The zero-order valence-electron chi connectivity index (χ0n) is 12.9. The summed E-state index contributed by atoms with van der Waals surface area (Å²) in [6, 6.07) is -0.440. The van der Waals surface area contributed by atoms with Crippen LogP contribution in [0.4, 0.5) is 0 Å². The summed E-state index contributed by atoms with van der Waals surface area (Å²) < 4.78 is 23.6. The molecule has 0 aromatic rings. The van der Waals surface area contributed by atoms with E-state index in [0.29, 0.717) is 13.2 Å². The van der Waals surface area contributed by atoms with Crippen LogP contribution in [-0.4, -0.2) is 56.1 Å². The fourth-order valence-electron chi connectivity index (χ4n) is 2.46. The molecule has 0 N–H and O–H groups in total. The fourth-order valence-corrected chi connectivity index (χ4v) is 2.46. The van der Waals surface area contributed by atoms with Gasteiger partial charge in [0, 0.05) is 6.00 Å². The molecule has 0 spiro atoms. The summed E-state index contributed by atoms with van der Waals surface area (Å²) in [4.78, 5) is 0. The quantitative estimate of drug-likeness (QED) is 0.729. The van der Waals surface area contributed by atoms with E-state index in [0.717, 1.165) is 0 Å². The Labute approximate surface area is 117 Å². The number of hydrogen-bond acceptors (Lipinski definition) is 4. The zero-order chi connectivity index (χ0) is 14.5. The van der Waals surface area contributed by atoms with Crippen LogP contribution < -0.4 is 0 Å². The van der Waals surface area contributed by atoms with E-state index in [4.69, 9.17) is 26.8 Å². The number of rotatable bonds is 3. The minimum Gasteiger partial charge on any atom is -0.373 e. The lowest BCUT2D eigenvalue weighted by Gasteiger charge is -2.35. The third-order valence-corrected chi connectivity index (χ3v) is 3.26. The van der Waals surface area contributed by atoms with Crippen molar-refractivity contribution in [2.45, 2.75) is 76.6 Å². The topological polar surface area (TPSA) is 36.9 Å². The molecular weight excluding hydrogens is 243 g/mol. The van der Waals surface area contributed by atoms with Crippen molar-refractivity contribution >= 4 is 7.85 Å². The van der Waals surface area contributed by atoms with Gasteiger partial charge in [0.2, 0.25) is 0 Å². The van der Waals surface area contributed by atoms with Gasteiger partial charge in [-0.3, -0.25) is 0 Å². The SMILES string of the molecule is [B]C1O[C@@]2(COC(C)(C)C)COC1C2OC(C)(C)C. The van der Waals surface area contributed by atoms with Crippen LogP contribution in [0.3, 0.4) is 0 Å². The lowest BCUT2D eigenvalue weighted by atomic mass is 9.91. The first-order chi connectivity index (χ1) is 8.53. The van der Waals surface area contributed by atoms with Crippen LogP contribution in [-0.2, 0) is 18.9 Å². The van der Waals surface area contributed by atoms with Crippen molar-refractivity contribution < 1.29 is 18.9 Å². The Morgan fingerprint density at radius 3 is 2.26 bits per heavy atom. The lowest BCUT2D eigenvalue weighted by molar-refractivity contribution is -0.181. The molecule has 2 aliphatic heterocycles. The average Bonchev–Trinajstić information content (AvgIpc) is 2.64. The molecule has 108 valence electrons. The van der Waals surface area contributed by atoms with Gasteiger partial charge in [0.05, 0.1) is 24.4 Å². The lowest BCUT2D eigenvalue weighted by Crippen LogP contribution is -2.50. The van der Waals surface area contributed by atoms with Gasteiger partial charge in [0.25, 0.3) is 0 Å². The summed E-state index contributed by atoms with van der Waals surface area (Å²) in [5.74, 6) is 0. The molecule has 0 aliphatic carbocycles. The molecule has 2 aliphatic rings. The minimum atomic E-state index is -0.579. The van der Waals surface area contributed by atoms with E-state index in [9.17, 15) is 0 Å². The molecule has 0 aromatic carbocycles. The fraction of sp³-hybridized carbons (Fsp3) is 1.00. The maximum atomic E-state index is 6.11. The van der Waals surface area contributed by atoms with Gasteiger partial charge in [-0.15, -0.1) is 0 Å². The van der Waals surface area contributed by atoms with E-state index in [1.165, 1.54) is 0 Å². The van der Waals surface area contributed by atoms with Gasteiger partial charge in [-0.2, -0.15) is 0 Å². The van der Waals surface area contributed by atoms with Gasteiger partial charge in [-0.05, 0) is 41.5 Å². The summed E-state index contributed by atoms with van der Waals surface area (Å²) in [5.41, 5.74) is -1.07. The molecule has 4 atom stereocenters. The first kappa shape index (κ1) is 15.3. The Morgan fingerprint density at radius 2 is 1.79 bits per heavy atom. The molecule has 2 rings (SSSR count). The van der Waals surface area contributed by atoms with Gasteiger partial charge in [0.15, 0.2) is 0 Å². The highest BCUT2D eigenvalue weighted by Gasteiger charge is 2.61. The second-order valence-corrected chi connectivity index (χ2v) is 7.47. The predicted molar refractivity (Wildman–Crippen MR) is 73.4 cm³/mol. The molecule has 19 heavy (non-hydrogen) atoms. The molecule has 2 radical (unpaired) electrons. The van der Waals surface area contributed by atoms with E-state index in [-0.39, 0.29) is 23.4 Å². The van der Waals surface area contributed by atoms with Gasteiger partial charge in [0.1, 0.15) is 25.7 Å². The highest BCUT2D eigenvalue weighted by Crippen LogP contribution is 2.43. The molecule has 2 heterocycles. The Balaban J connectivity index is 2.12. The van der Waals surface area contributed by atoms with Gasteiger partial charge in [-0.1, -0.05) is 0 Å². The predicted octanol–water partition coefficient (Wildman–Crippen LogP) is 1.65. The standard InChI is InChI=1S/C14H25BO4/c1-12(2,3)17-8-14-7-16-9(11(15)19-14)10(14)18-13(4,5)6/h9-11H,7-8H2,1-6H3/t9?,10?,11?,14-/m1/s1. The summed E-state index contributed by atoms with van der Waals surface area (Å²) in [6.07, 6.45) is -0.382. The number of ether oxygens (including phenoxy) is 4. The van der Waals surface area contributed by atoms with Crippen molar-refractivity contribution in [3.63, 3.8) is 0 Å². The molecule has 0 aromatic heterocycles. The van der Waals surface area contributed by atoms with Crippen LogP contribution in [0.1, 0.15) is 41.5 Å². The second kappa shape index (κ2) is 4.73. The maximum absolute atomic E-state index is 6.11. The number of fused-ring (bicyclic) bond motifs is 2. The van der Waals surface area contributed by atoms with Gasteiger partial charge < -0.3 is 18.9 Å². The smallest absolute Gasteiger partial charge is 0.143 e. The summed E-state index contributed by atoms with van der Waals surface area (Å²) >= 11 is 0. The largest absolute Gasteiger partial charge is 0.373 e. The molecular formula is C14H25BO4. The molecule has 3 unspecified atom stereocenters. The van der Waals surface area contributed by atoms with Crippen molar-refractivity contribution in [3.05, 3.63) is 0 Å². The second-order valence-electron chi connectivity index (χ2n) is 7.47. The highest BCUT2D eigenvalue weighted by molar-refractivity contribution is 6.11. The molecule has 5 heteroatoms. The van der Waals surface area contributed by atoms with Crippen LogP contribution in [0, 0.1) is 0 Å². The van der Waals surface area contributed by atoms with E-state index in [1.807, 2.05) is 41.5 Å². The Bertz CT molecular complexity index is 333. The van der Waals surface area contributed by atoms with Crippen molar-refractivity contribution in [1.82, 2.24) is 0 Å². The highest BCUT2D eigenvalue weighted by atomic mass is 16.7. The van der Waals surface area contributed by atoms with Crippen LogP contribution in [0.2, 0.25) is 0 Å². The summed E-state index contributed by atoms with van der Waals surface area (Å²) in [7, 11) is 5.97. The zero-order valence-corrected chi connectivity index (χ0v) is 12.9. The molecule has 2 saturated heterocycles. The normalized spacial score (nSPS) is 38.9. The van der Waals surface area contributed by atoms with Crippen molar-refractivity contribution in [2.24, 2.45) is 0 Å².